The predicted molar refractivity (Wildman–Crippen MR) is 97.3 cm³/mol. The lowest BCUT2D eigenvalue weighted by molar-refractivity contribution is 0.239. The summed E-state index contributed by atoms with van der Waals surface area (Å²) in [5.74, 6) is 0.753. The number of fused-ring (bicyclic) bond motifs is 1. The van der Waals surface area contributed by atoms with Gasteiger partial charge in [-0.15, -0.1) is 0 Å². The van der Waals surface area contributed by atoms with Gasteiger partial charge in [0.05, 0.1) is 34.9 Å². The van der Waals surface area contributed by atoms with E-state index in [0.29, 0.717) is 27.5 Å². The highest BCUT2D eigenvalue weighted by Crippen LogP contribution is 2.25. The van der Waals surface area contributed by atoms with E-state index >= 15 is 0 Å². The molecule has 124 valence electrons. The molecule has 24 heavy (non-hydrogen) atoms. The van der Waals surface area contributed by atoms with Gasteiger partial charge in [-0.2, -0.15) is 0 Å². The predicted octanol–water partition coefficient (Wildman–Crippen LogP) is 4.54. The van der Waals surface area contributed by atoms with Crippen molar-refractivity contribution in [2.45, 2.75) is 26.5 Å². The van der Waals surface area contributed by atoms with Gasteiger partial charge in [0.15, 0.2) is 0 Å². The Balaban J connectivity index is 2.06. The van der Waals surface area contributed by atoms with Crippen LogP contribution >= 0.6 is 23.2 Å². The average Bonchev–Trinajstić information content (AvgIpc) is 2.52. The van der Waals surface area contributed by atoms with Crippen LogP contribution in [0.1, 0.15) is 19.4 Å². The molecule has 0 unspecified atom stereocenters. The van der Waals surface area contributed by atoms with Crippen LogP contribution in [-0.4, -0.2) is 15.7 Å². The van der Waals surface area contributed by atoms with Crippen molar-refractivity contribution in [1.82, 2.24) is 9.55 Å². The van der Waals surface area contributed by atoms with E-state index in [2.05, 4.69) is 4.98 Å². The smallest absolute Gasteiger partial charge is 0.261 e. The van der Waals surface area contributed by atoms with E-state index in [9.17, 15) is 4.79 Å². The first-order chi connectivity index (χ1) is 11.5. The molecule has 1 aromatic heterocycles. The highest BCUT2D eigenvalue weighted by molar-refractivity contribution is 6.38. The zero-order valence-corrected chi connectivity index (χ0v) is 14.8. The maximum absolute atomic E-state index is 12.7. The van der Waals surface area contributed by atoms with Gasteiger partial charge in [-0.25, -0.2) is 4.98 Å². The fourth-order valence-electron chi connectivity index (χ4n) is 2.49. The third-order valence-corrected chi connectivity index (χ3v) is 4.03. The molecule has 0 saturated heterocycles. The van der Waals surface area contributed by atoms with Gasteiger partial charge >= 0.3 is 0 Å². The van der Waals surface area contributed by atoms with Crippen molar-refractivity contribution in [1.29, 1.82) is 0 Å². The second kappa shape index (κ2) is 6.83. The molecule has 0 fully saturated rings. The van der Waals surface area contributed by atoms with Gasteiger partial charge in [-0.05, 0) is 32.0 Å². The van der Waals surface area contributed by atoms with Gasteiger partial charge in [-0.3, -0.25) is 9.36 Å². The number of nitrogens with zero attached hydrogens (tertiary/aromatic N) is 2. The number of aromatic nitrogens is 2. The topological polar surface area (TPSA) is 44.1 Å². The maximum atomic E-state index is 12.7. The Morgan fingerprint density at radius 1 is 1.21 bits per heavy atom. The number of ether oxygens (including phenoxy) is 1. The van der Waals surface area contributed by atoms with Crippen LogP contribution in [0.5, 0.6) is 5.75 Å². The Labute approximate surface area is 149 Å². The lowest BCUT2D eigenvalue weighted by Crippen LogP contribution is -2.22. The van der Waals surface area contributed by atoms with Crippen LogP contribution in [-0.2, 0) is 6.54 Å². The lowest BCUT2D eigenvalue weighted by Gasteiger charge is -2.15. The van der Waals surface area contributed by atoms with Crippen LogP contribution in [0.2, 0.25) is 10.0 Å². The normalized spacial score (nSPS) is 11.2. The summed E-state index contributed by atoms with van der Waals surface area (Å²) in [6.45, 7) is 4.28. The molecule has 6 heteroatoms. The zero-order valence-electron chi connectivity index (χ0n) is 13.3. The molecule has 0 spiro atoms. The Kier molecular flexibility index (Phi) is 4.78. The molecule has 0 atom stereocenters. The van der Waals surface area contributed by atoms with Crippen molar-refractivity contribution < 1.29 is 4.74 Å². The van der Waals surface area contributed by atoms with Crippen LogP contribution < -0.4 is 10.3 Å². The van der Waals surface area contributed by atoms with Crippen molar-refractivity contribution in [2.75, 3.05) is 0 Å². The van der Waals surface area contributed by atoms with Crippen LogP contribution in [0.3, 0.4) is 0 Å². The molecule has 0 aliphatic carbocycles. The van der Waals surface area contributed by atoms with Gasteiger partial charge in [0.25, 0.3) is 5.56 Å². The summed E-state index contributed by atoms with van der Waals surface area (Å²) in [6, 6.07) is 10.8. The molecule has 2 aromatic carbocycles. The fraction of sp³-hybridized carbons (Fsp3) is 0.222. The lowest BCUT2D eigenvalue weighted by atomic mass is 10.2. The molecule has 3 aromatic rings. The van der Waals surface area contributed by atoms with Crippen molar-refractivity contribution >= 4 is 34.1 Å². The monoisotopic (exact) mass is 362 g/mol. The molecule has 0 aliphatic heterocycles. The van der Waals surface area contributed by atoms with Crippen molar-refractivity contribution in [3.63, 3.8) is 0 Å². The number of hydrogen-bond acceptors (Lipinski definition) is 3. The van der Waals surface area contributed by atoms with Crippen LogP contribution in [0.4, 0.5) is 0 Å². The molecule has 0 radical (unpaired) electrons. The molecule has 3 rings (SSSR count). The fourth-order valence-corrected chi connectivity index (χ4v) is 3.04. The number of para-hydroxylation sites is 1. The standard InChI is InChI=1S/C18H16Cl2N2O2/c1-11(2)24-16-6-4-3-5-12(16)9-22-10-21-17-14(18(22)23)7-13(19)8-15(17)20/h3-8,10-11H,9H2,1-2H3. The first-order valence-electron chi connectivity index (χ1n) is 7.54. The summed E-state index contributed by atoms with van der Waals surface area (Å²) in [5, 5.41) is 1.18. The van der Waals surface area contributed by atoms with Gasteiger partial charge in [0, 0.05) is 10.6 Å². The van der Waals surface area contributed by atoms with E-state index in [1.54, 1.807) is 12.1 Å². The second-order valence-electron chi connectivity index (χ2n) is 5.74. The summed E-state index contributed by atoms with van der Waals surface area (Å²) in [7, 11) is 0. The minimum Gasteiger partial charge on any atom is -0.491 e. The van der Waals surface area contributed by atoms with E-state index in [-0.39, 0.29) is 11.7 Å². The van der Waals surface area contributed by atoms with E-state index < -0.39 is 0 Å². The largest absolute Gasteiger partial charge is 0.491 e. The number of halogens is 2. The third-order valence-electron chi connectivity index (χ3n) is 3.52. The minimum absolute atomic E-state index is 0.0511. The summed E-state index contributed by atoms with van der Waals surface area (Å²) in [6.07, 6.45) is 1.55. The number of rotatable bonds is 4. The highest BCUT2D eigenvalue weighted by Gasteiger charge is 2.11. The maximum Gasteiger partial charge on any atom is 0.261 e. The van der Waals surface area contributed by atoms with Crippen molar-refractivity contribution in [3.8, 4) is 5.75 Å². The van der Waals surface area contributed by atoms with Crippen LogP contribution in [0.15, 0.2) is 47.5 Å². The van der Waals surface area contributed by atoms with Crippen LogP contribution in [0.25, 0.3) is 10.9 Å². The average molecular weight is 363 g/mol. The number of hydrogen-bond donors (Lipinski definition) is 0. The van der Waals surface area contributed by atoms with Gasteiger partial charge in [0.1, 0.15) is 5.75 Å². The Morgan fingerprint density at radius 2 is 1.96 bits per heavy atom. The first-order valence-corrected chi connectivity index (χ1v) is 8.30. The SMILES string of the molecule is CC(C)Oc1ccccc1Cn1cnc2c(Cl)cc(Cl)cc2c1=O. The highest BCUT2D eigenvalue weighted by atomic mass is 35.5. The van der Waals surface area contributed by atoms with E-state index in [0.717, 1.165) is 11.3 Å². The second-order valence-corrected chi connectivity index (χ2v) is 6.58. The Hall–Kier alpha value is -2.04. The molecule has 1 heterocycles. The zero-order chi connectivity index (χ0) is 17.3. The molecular formula is C18H16Cl2N2O2. The minimum atomic E-state index is -0.191. The third kappa shape index (κ3) is 3.40. The molecule has 0 saturated carbocycles. The van der Waals surface area contributed by atoms with E-state index in [4.69, 9.17) is 27.9 Å². The van der Waals surface area contributed by atoms with E-state index in [1.165, 1.54) is 10.9 Å². The molecule has 0 amide bonds. The summed E-state index contributed by atoms with van der Waals surface area (Å²) in [4.78, 5) is 17.0. The molecule has 0 bridgehead atoms. The molecule has 4 nitrogen and oxygen atoms in total. The van der Waals surface area contributed by atoms with Gasteiger partial charge in [-0.1, -0.05) is 41.4 Å². The quantitative estimate of drug-likeness (QED) is 0.684. The van der Waals surface area contributed by atoms with Crippen LogP contribution in [0, 0.1) is 0 Å². The van der Waals surface area contributed by atoms with Crippen molar-refractivity contribution in [2.24, 2.45) is 0 Å². The van der Waals surface area contributed by atoms with Gasteiger partial charge in [0.2, 0.25) is 0 Å². The molecule has 0 N–H and O–H groups in total. The summed E-state index contributed by atoms with van der Waals surface area (Å²) < 4.78 is 7.33. The van der Waals surface area contributed by atoms with Crippen molar-refractivity contribution in [3.05, 3.63) is 68.7 Å². The summed E-state index contributed by atoms with van der Waals surface area (Å²) >= 11 is 12.1. The Morgan fingerprint density at radius 3 is 2.71 bits per heavy atom. The Bertz CT molecular complexity index is 951. The summed E-state index contributed by atoms with van der Waals surface area (Å²) in [5.41, 5.74) is 1.17. The van der Waals surface area contributed by atoms with Gasteiger partial charge < -0.3 is 4.74 Å². The number of benzene rings is 2. The first kappa shape index (κ1) is 16.8. The molecular weight excluding hydrogens is 347 g/mol. The van der Waals surface area contributed by atoms with E-state index in [1.807, 2.05) is 38.1 Å². The molecule has 0 aliphatic rings.